The number of alkyl halides is 3. The third-order valence-electron chi connectivity index (χ3n) is 1.52. The second-order valence-corrected chi connectivity index (χ2v) is 3.39. The molecule has 0 unspecified atom stereocenters. The minimum atomic E-state index is -4.97. The van der Waals surface area contributed by atoms with E-state index in [1.54, 1.807) is 0 Å². The van der Waals surface area contributed by atoms with Crippen LogP contribution in [0.2, 0.25) is 0 Å². The molecule has 15 heavy (non-hydrogen) atoms. The lowest BCUT2D eigenvalue weighted by Gasteiger charge is -2.08. The van der Waals surface area contributed by atoms with E-state index in [1.807, 2.05) is 0 Å². The highest BCUT2D eigenvalue weighted by Crippen LogP contribution is 2.40. The summed E-state index contributed by atoms with van der Waals surface area (Å²) in [7, 11) is 0. The van der Waals surface area contributed by atoms with E-state index in [9.17, 15) is 27.7 Å². The van der Waals surface area contributed by atoms with Crippen molar-refractivity contribution in [2.75, 3.05) is 0 Å². The molecule has 0 fully saturated rings. The molecule has 0 saturated carbocycles. The Hall–Kier alpha value is -1.18. The second kappa shape index (κ2) is 3.76. The Morgan fingerprint density at radius 3 is 2.27 bits per heavy atom. The lowest BCUT2D eigenvalue weighted by atomic mass is 10.1. The molecule has 8 heteroatoms. The van der Waals surface area contributed by atoms with E-state index in [0.29, 0.717) is 6.07 Å². The number of halogens is 5. The van der Waals surface area contributed by atoms with Crippen LogP contribution < -0.4 is 0 Å². The number of rotatable bonds is 1. The molecule has 1 aromatic carbocycles. The summed E-state index contributed by atoms with van der Waals surface area (Å²) in [5, 5.41) is 10.4. The molecule has 0 bridgehead atoms. The molecule has 0 aliphatic rings. The van der Waals surface area contributed by atoms with Gasteiger partial charge in [0.2, 0.25) is 0 Å². The minimum absolute atomic E-state index is 0.0862. The number of benzene rings is 1. The molecule has 0 aliphatic carbocycles. The summed E-state index contributed by atoms with van der Waals surface area (Å²) in [5.41, 5.74) is -2.80. The van der Waals surface area contributed by atoms with E-state index < -0.39 is 32.6 Å². The van der Waals surface area contributed by atoms with Crippen LogP contribution >= 0.6 is 15.9 Å². The predicted molar refractivity (Wildman–Crippen MR) is 45.8 cm³/mol. The van der Waals surface area contributed by atoms with Gasteiger partial charge in [-0.25, -0.2) is 4.39 Å². The molecule has 0 aromatic heterocycles. The van der Waals surface area contributed by atoms with Gasteiger partial charge < -0.3 is 0 Å². The Morgan fingerprint density at radius 1 is 1.33 bits per heavy atom. The van der Waals surface area contributed by atoms with Gasteiger partial charge in [-0.05, 0) is 28.1 Å². The van der Waals surface area contributed by atoms with E-state index in [-0.39, 0.29) is 6.07 Å². The lowest BCUT2D eigenvalue weighted by Crippen LogP contribution is -2.10. The summed E-state index contributed by atoms with van der Waals surface area (Å²) < 4.78 is 48.9. The molecule has 0 N–H and O–H groups in total. The van der Waals surface area contributed by atoms with E-state index in [4.69, 9.17) is 0 Å². The highest BCUT2D eigenvalue weighted by molar-refractivity contribution is 9.10. The van der Waals surface area contributed by atoms with Crippen molar-refractivity contribution in [2.24, 2.45) is 0 Å². The molecule has 3 nitrogen and oxygen atoms in total. The van der Waals surface area contributed by atoms with Crippen LogP contribution in [0.25, 0.3) is 0 Å². The minimum Gasteiger partial charge on any atom is -0.258 e. The third-order valence-corrected chi connectivity index (χ3v) is 2.12. The van der Waals surface area contributed by atoms with Gasteiger partial charge in [-0.3, -0.25) is 10.1 Å². The number of nitro groups is 1. The maximum Gasteiger partial charge on any atom is 0.423 e. The summed E-state index contributed by atoms with van der Waals surface area (Å²) >= 11 is 2.51. The smallest absolute Gasteiger partial charge is 0.258 e. The highest BCUT2D eigenvalue weighted by Gasteiger charge is 2.40. The van der Waals surface area contributed by atoms with E-state index in [2.05, 4.69) is 15.9 Å². The molecule has 0 saturated heterocycles. The Labute approximate surface area is 89.0 Å². The first-order valence-electron chi connectivity index (χ1n) is 3.44. The number of nitrogens with zero attached hydrogens (tertiary/aromatic N) is 1. The average Bonchev–Trinajstić information content (AvgIpc) is 1.99. The van der Waals surface area contributed by atoms with Crippen molar-refractivity contribution in [2.45, 2.75) is 6.18 Å². The fourth-order valence-electron chi connectivity index (χ4n) is 0.968. The topological polar surface area (TPSA) is 43.1 Å². The summed E-state index contributed by atoms with van der Waals surface area (Å²) in [5.74, 6) is -1.19. The molecular weight excluding hydrogens is 286 g/mol. The SMILES string of the molecule is O=[N+]([O-])c1c(Br)cc(F)cc1C(F)(F)F. The van der Waals surface area contributed by atoms with Crippen molar-refractivity contribution >= 4 is 21.6 Å². The monoisotopic (exact) mass is 287 g/mol. The third kappa shape index (κ3) is 2.44. The van der Waals surface area contributed by atoms with E-state index >= 15 is 0 Å². The Balaban J connectivity index is 3.54. The van der Waals surface area contributed by atoms with Crippen LogP contribution in [0.1, 0.15) is 5.56 Å². The van der Waals surface area contributed by atoms with Crippen LogP contribution in [0.3, 0.4) is 0 Å². The van der Waals surface area contributed by atoms with Crippen molar-refractivity contribution < 1.29 is 22.5 Å². The molecule has 0 amide bonds. The molecule has 82 valence electrons. The van der Waals surface area contributed by atoms with Crippen LogP contribution in [0.15, 0.2) is 16.6 Å². The van der Waals surface area contributed by atoms with Gasteiger partial charge in [-0.1, -0.05) is 0 Å². The Bertz CT molecular complexity index is 418. The number of hydrogen-bond donors (Lipinski definition) is 0. The first-order valence-corrected chi connectivity index (χ1v) is 4.23. The van der Waals surface area contributed by atoms with Gasteiger partial charge >= 0.3 is 6.18 Å². The second-order valence-electron chi connectivity index (χ2n) is 2.54. The predicted octanol–water partition coefficient (Wildman–Crippen LogP) is 3.52. The van der Waals surface area contributed by atoms with Crippen LogP contribution in [-0.2, 0) is 6.18 Å². The van der Waals surface area contributed by atoms with Crippen LogP contribution in [-0.4, -0.2) is 4.92 Å². The summed E-state index contributed by atoms with van der Waals surface area (Å²) in [6, 6.07) is 0.691. The number of nitro benzene ring substituents is 1. The van der Waals surface area contributed by atoms with Crippen molar-refractivity contribution in [1.29, 1.82) is 0 Å². The van der Waals surface area contributed by atoms with Gasteiger partial charge in [0, 0.05) is 0 Å². The zero-order valence-electron chi connectivity index (χ0n) is 6.81. The summed E-state index contributed by atoms with van der Waals surface area (Å²) in [6.45, 7) is 0. The van der Waals surface area contributed by atoms with Crippen LogP contribution in [0.5, 0.6) is 0 Å². The van der Waals surface area contributed by atoms with E-state index in [1.165, 1.54) is 0 Å². The molecule has 0 heterocycles. The lowest BCUT2D eigenvalue weighted by molar-refractivity contribution is -0.388. The fourth-order valence-corrected chi connectivity index (χ4v) is 1.54. The van der Waals surface area contributed by atoms with Gasteiger partial charge in [0.05, 0.1) is 9.40 Å². The fraction of sp³-hybridized carbons (Fsp3) is 0.143. The molecule has 0 aliphatic heterocycles. The standard InChI is InChI=1S/C7H2BrF4NO2/c8-5-2-3(9)1-4(7(10,11)12)6(5)13(14)15/h1-2H. The van der Waals surface area contributed by atoms with Crippen LogP contribution in [0, 0.1) is 15.9 Å². The van der Waals surface area contributed by atoms with Crippen LogP contribution in [0.4, 0.5) is 23.2 Å². The number of hydrogen-bond acceptors (Lipinski definition) is 2. The quantitative estimate of drug-likeness (QED) is 0.451. The Morgan fingerprint density at radius 2 is 1.87 bits per heavy atom. The van der Waals surface area contributed by atoms with Gasteiger partial charge in [-0.15, -0.1) is 0 Å². The normalized spacial score (nSPS) is 11.5. The maximum absolute atomic E-state index is 12.6. The zero-order valence-corrected chi connectivity index (χ0v) is 8.39. The molecule has 0 atom stereocenters. The van der Waals surface area contributed by atoms with Crippen molar-refractivity contribution in [3.05, 3.63) is 38.1 Å². The van der Waals surface area contributed by atoms with Gasteiger partial charge in [-0.2, -0.15) is 13.2 Å². The maximum atomic E-state index is 12.6. The molecule has 0 radical (unpaired) electrons. The summed E-state index contributed by atoms with van der Waals surface area (Å²) in [6.07, 6.45) is -4.97. The molecular formula is C7H2BrF4NO2. The van der Waals surface area contributed by atoms with E-state index in [0.717, 1.165) is 0 Å². The zero-order chi connectivity index (χ0) is 11.8. The highest BCUT2D eigenvalue weighted by atomic mass is 79.9. The first-order chi connectivity index (χ1) is 6.73. The molecule has 0 spiro atoms. The molecule has 1 rings (SSSR count). The van der Waals surface area contributed by atoms with Crippen molar-refractivity contribution in [1.82, 2.24) is 0 Å². The van der Waals surface area contributed by atoms with Crippen molar-refractivity contribution in [3.8, 4) is 0 Å². The van der Waals surface area contributed by atoms with Crippen molar-refractivity contribution in [3.63, 3.8) is 0 Å². The average molecular weight is 288 g/mol. The first kappa shape index (κ1) is 11.9. The Kier molecular flexibility index (Phi) is 2.98. The molecule has 1 aromatic rings. The summed E-state index contributed by atoms with van der Waals surface area (Å²) in [4.78, 5) is 9.14. The van der Waals surface area contributed by atoms with Gasteiger partial charge in [0.1, 0.15) is 11.4 Å². The largest absolute Gasteiger partial charge is 0.423 e. The van der Waals surface area contributed by atoms with Gasteiger partial charge in [0.25, 0.3) is 5.69 Å². The van der Waals surface area contributed by atoms with Gasteiger partial charge in [0.15, 0.2) is 0 Å².